The van der Waals surface area contributed by atoms with Crippen LogP contribution in [0.2, 0.25) is 0 Å². The van der Waals surface area contributed by atoms with Crippen LogP contribution < -0.4 is 10.5 Å². The molecule has 0 unspecified atom stereocenters. The molecule has 0 spiro atoms. The van der Waals surface area contributed by atoms with E-state index in [-0.39, 0.29) is 17.7 Å². The zero-order valence-corrected chi connectivity index (χ0v) is 11.6. The minimum Gasteiger partial charge on any atom is -0.440 e. The monoisotopic (exact) mass is 264 g/mol. The molecule has 20 heavy (non-hydrogen) atoms. The van der Waals surface area contributed by atoms with Crippen molar-refractivity contribution in [1.29, 1.82) is 5.26 Å². The zero-order chi connectivity index (χ0) is 14.3. The van der Waals surface area contributed by atoms with Gasteiger partial charge in [-0.1, -0.05) is 44.2 Å². The van der Waals surface area contributed by atoms with Gasteiger partial charge in [0, 0.05) is 11.5 Å². The summed E-state index contributed by atoms with van der Waals surface area (Å²) >= 11 is 0. The number of nitrogens with two attached hydrogens (primary N) is 1. The van der Waals surface area contributed by atoms with Crippen molar-refractivity contribution in [1.82, 2.24) is 0 Å². The van der Waals surface area contributed by atoms with Gasteiger partial charge in [0.15, 0.2) is 0 Å². The number of nitrogens with zero attached hydrogens (tertiary/aromatic N) is 1. The molecule has 2 aromatic rings. The Labute approximate surface area is 118 Å². The van der Waals surface area contributed by atoms with Crippen LogP contribution in [-0.4, -0.2) is 0 Å². The van der Waals surface area contributed by atoms with Crippen LogP contribution in [0, 0.1) is 17.2 Å². The van der Waals surface area contributed by atoms with Crippen LogP contribution in [0.3, 0.4) is 0 Å². The fourth-order valence-electron chi connectivity index (χ4n) is 2.95. The van der Waals surface area contributed by atoms with E-state index in [0.29, 0.717) is 5.57 Å². The molecule has 1 heterocycles. The third kappa shape index (κ3) is 1.73. The molecule has 0 saturated heterocycles. The van der Waals surface area contributed by atoms with E-state index < -0.39 is 0 Å². The van der Waals surface area contributed by atoms with Crippen molar-refractivity contribution in [3.05, 3.63) is 53.4 Å². The van der Waals surface area contributed by atoms with E-state index in [1.54, 1.807) is 0 Å². The standard InChI is InChI=1S/C17H16N2O/c1-10(2)15-13(9-18)17(19)20-14-8-7-11-5-3-4-6-12(11)16(14)15/h3-8,10,15H,19H2,1-2H3/t15-/m0/s1. The van der Waals surface area contributed by atoms with E-state index in [0.717, 1.165) is 22.1 Å². The second-order valence-corrected chi connectivity index (χ2v) is 5.41. The van der Waals surface area contributed by atoms with Crippen LogP contribution in [0.4, 0.5) is 0 Å². The molecule has 100 valence electrons. The normalized spacial score (nSPS) is 17.8. The molecular formula is C17H16N2O. The molecule has 0 aliphatic carbocycles. The summed E-state index contributed by atoms with van der Waals surface area (Å²) in [5.74, 6) is 1.25. The molecular weight excluding hydrogens is 248 g/mol. The summed E-state index contributed by atoms with van der Waals surface area (Å²) < 4.78 is 5.66. The predicted molar refractivity (Wildman–Crippen MR) is 79.0 cm³/mol. The van der Waals surface area contributed by atoms with Gasteiger partial charge in [0.2, 0.25) is 5.88 Å². The van der Waals surface area contributed by atoms with Gasteiger partial charge in [0.05, 0.1) is 5.57 Å². The number of fused-ring (bicyclic) bond motifs is 3. The summed E-state index contributed by atoms with van der Waals surface area (Å²) in [5, 5.41) is 11.7. The highest BCUT2D eigenvalue weighted by Crippen LogP contribution is 2.45. The van der Waals surface area contributed by atoms with Crippen LogP contribution in [0.1, 0.15) is 25.3 Å². The molecule has 0 saturated carbocycles. The van der Waals surface area contributed by atoms with Gasteiger partial charge in [0.25, 0.3) is 0 Å². The molecule has 0 aromatic heterocycles. The van der Waals surface area contributed by atoms with E-state index >= 15 is 0 Å². The maximum absolute atomic E-state index is 9.41. The molecule has 0 amide bonds. The first-order chi connectivity index (χ1) is 9.63. The third-order valence-corrected chi connectivity index (χ3v) is 3.83. The lowest BCUT2D eigenvalue weighted by molar-refractivity contribution is 0.374. The Hall–Kier alpha value is -2.47. The minimum absolute atomic E-state index is 0.0187. The minimum atomic E-state index is -0.0187. The summed E-state index contributed by atoms with van der Waals surface area (Å²) in [7, 11) is 0. The van der Waals surface area contributed by atoms with E-state index in [2.05, 4.69) is 32.0 Å². The lowest BCUT2D eigenvalue weighted by Crippen LogP contribution is -2.23. The van der Waals surface area contributed by atoms with E-state index in [9.17, 15) is 5.26 Å². The van der Waals surface area contributed by atoms with E-state index in [4.69, 9.17) is 10.5 Å². The second kappa shape index (κ2) is 4.57. The number of ether oxygens (including phenoxy) is 1. The Morgan fingerprint density at radius 3 is 2.65 bits per heavy atom. The number of benzene rings is 2. The number of allylic oxidation sites excluding steroid dienone is 1. The van der Waals surface area contributed by atoms with Crippen molar-refractivity contribution >= 4 is 10.8 Å². The van der Waals surface area contributed by atoms with Crippen molar-refractivity contribution in [3.8, 4) is 11.8 Å². The van der Waals surface area contributed by atoms with Gasteiger partial charge in [-0.3, -0.25) is 0 Å². The lowest BCUT2D eigenvalue weighted by atomic mass is 9.79. The second-order valence-electron chi connectivity index (χ2n) is 5.41. The van der Waals surface area contributed by atoms with Crippen molar-refractivity contribution in [2.45, 2.75) is 19.8 Å². The Morgan fingerprint density at radius 2 is 1.95 bits per heavy atom. The van der Waals surface area contributed by atoms with E-state index in [1.807, 2.05) is 24.3 Å². The summed E-state index contributed by atoms with van der Waals surface area (Å²) in [5.41, 5.74) is 7.52. The van der Waals surface area contributed by atoms with Crippen LogP contribution in [0.15, 0.2) is 47.9 Å². The molecule has 3 rings (SSSR count). The average Bonchev–Trinajstić information content (AvgIpc) is 2.45. The molecule has 1 atom stereocenters. The van der Waals surface area contributed by atoms with Crippen LogP contribution in [0.5, 0.6) is 5.75 Å². The van der Waals surface area contributed by atoms with Crippen LogP contribution >= 0.6 is 0 Å². The first kappa shape index (κ1) is 12.6. The lowest BCUT2D eigenvalue weighted by Gasteiger charge is -2.29. The van der Waals surface area contributed by atoms with Gasteiger partial charge in [0.1, 0.15) is 11.8 Å². The first-order valence-corrected chi connectivity index (χ1v) is 6.72. The molecule has 1 aliphatic rings. The fourth-order valence-corrected chi connectivity index (χ4v) is 2.95. The Bertz CT molecular complexity index is 753. The third-order valence-electron chi connectivity index (χ3n) is 3.83. The van der Waals surface area contributed by atoms with Crippen molar-refractivity contribution in [2.75, 3.05) is 0 Å². The van der Waals surface area contributed by atoms with Gasteiger partial charge in [-0.2, -0.15) is 5.26 Å². The summed E-state index contributed by atoms with van der Waals surface area (Å²) in [6.07, 6.45) is 0. The van der Waals surface area contributed by atoms with Gasteiger partial charge in [-0.25, -0.2) is 0 Å². The zero-order valence-electron chi connectivity index (χ0n) is 11.6. The Balaban J connectivity index is 2.35. The topological polar surface area (TPSA) is 59.0 Å². The fraction of sp³-hybridized carbons (Fsp3) is 0.235. The van der Waals surface area contributed by atoms with Gasteiger partial charge >= 0.3 is 0 Å². The van der Waals surface area contributed by atoms with Crippen LogP contribution in [0.25, 0.3) is 10.8 Å². The average molecular weight is 264 g/mol. The van der Waals surface area contributed by atoms with Crippen molar-refractivity contribution < 1.29 is 4.74 Å². The highest BCUT2D eigenvalue weighted by atomic mass is 16.5. The molecule has 1 aliphatic heterocycles. The first-order valence-electron chi connectivity index (χ1n) is 6.72. The van der Waals surface area contributed by atoms with Gasteiger partial charge in [-0.05, 0) is 22.8 Å². The van der Waals surface area contributed by atoms with Crippen LogP contribution in [-0.2, 0) is 0 Å². The summed E-state index contributed by atoms with van der Waals surface area (Å²) in [6.45, 7) is 4.21. The molecule has 3 nitrogen and oxygen atoms in total. The maximum atomic E-state index is 9.41. The Morgan fingerprint density at radius 1 is 1.20 bits per heavy atom. The molecule has 3 heteroatoms. The van der Waals surface area contributed by atoms with E-state index in [1.165, 1.54) is 0 Å². The predicted octanol–water partition coefficient (Wildman–Crippen LogP) is 3.67. The quantitative estimate of drug-likeness (QED) is 0.855. The SMILES string of the molecule is CC(C)[C@H]1C(C#N)=C(N)Oc2ccc3ccccc3c21. The molecule has 2 N–H and O–H groups in total. The molecule has 0 bridgehead atoms. The number of rotatable bonds is 1. The molecule has 0 fully saturated rings. The highest BCUT2D eigenvalue weighted by molar-refractivity contribution is 5.89. The number of hydrogen-bond donors (Lipinski definition) is 1. The summed E-state index contributed by atoms with van der Waals surface area (Å²) in [4.78, 5) is 0. The van der Waals surface area contributed by atoms with Crippen molar-refractivity contribution in [3.63, 3.8) is 0 Å². The smallest absolute Gasteiger partial charge is 0.205 e. The molecule has 2 aromatic carbocycles. The molecule has 0 radical (unpaired) electrons. The van der Waals surface area contributed by atoms with Gasteiger partial charge in [-0.15, -0.1) is 0 Å². The highest BCUT2D eigenvalue weighted by Gasteiger charge is 2.32. The van der Waals surface area contributed by atoms with Gasteiger partial charge < -0.3 is 10.5 Å². The van der Waals surface area contributed by atoms with Crippen molar-refractivity contribution in [2.24, 2.45) is 11.7 Å². The summed E-state index contributed by atoms with van der Waals surface area (Å²) in [6, 6.07) is 14.3. The number of nitriles is 1. The number of hydrogen-bond acceptors (Lipinski definition) is 3. The largest absolute Gasteiger partial charge is 0.440 e. The maximum Gasteiger partial charge on any atom is 0.205 e. The Kier molecular flexibility index (Phi) is 2.87.